The van der Waals surface area contributed by atoms with Crippen molar-refractivity contribution in [3.8, 4) is 5.75 Å². The first-order valence-electron chi connectivity index (χ1n) is 7.77. The lowest BCUT2D eigenvalue weighted by atomic mass is 10.1. The minimum Gasteiger partial charge on any atom is -0.507 e. The Bertz CT molecular complexity index is 994. The number of guanidine groups is 1. The average molecular weight is 333 g/mol. The van der Waals surface area contributed by atoms with Gasteiger partial charge in [0.25, 0.3) is 5.95 Å². The van der Waals surface area contributed by atoms with Crippen LogP contribution >= 0.6 is 0 Å². The van der Waals surface area contributed by atoms with Crippen LogP contribution in [0, 0.1) is 13.8 Å². The highest BCUT2D eigenvalue weighted by Crippen LogP contribution is 2.22. The third-order valence-electron chi connectivity index (χ3n) is 3.76. The van der Waals surface area contributed by atoms with Crippen molar-refractivity contribution in [1.82, 2.24) is 15.3 Å². The first-order valence-corrected chi connectivity index (χ1v) is 7.77. The van der Waals surface area contributed by atoms with Crippen LogP contribution in [-0.4, -0.2) is 21.0 Å². The Morgan fingerprint density at radius 3 is 2.68 bits per heavy atom. The fraction of sp³-hybridized carbons (Fsp3) is 0.105. The molecule has 4 N–H and O–H groups in total. The van der Waals surface area contributed by atoms with Gasteiger partial charge >= 0.3 is 0 Å². The van der Waals surface area contributed by atoms with Crippen LogP contribution in [0.3, 0.4) is 0 Å². The molecule has 0 amide bonds. The van der Waals surface area contributed by atoms with Gasteiger partial charge in [0, 0.05) is 16.6 Å². The molecule has 0 saturated carbocycles. The van der Waals surface area contributed by atoms with Gasteiger partial charge in [0.2, 0.25) is 5.96 Å². The van der Waals surface area contributed by atoms with Crippen LogP contribution in [0.15, 0.2) is 54.0 Å². The number of hydrogen-bond acceptors (Lipinski definition) is 4. The van der Waals surface area contributed by atoms with Gasteiger partial charge in [0.05, 0.1) is 11.2 Å². The molecule has 0 radical (unpaired) electrons. The average Bonchev–Trinajstić information content (AvgIpc) is 2.56. The van der Waals surface area contributed by atoms with Gasteiger partial charge in [-0.2, -0.15) is 4.99 Å². The van der Waals surface area contributed by atoms with E-state index in [-0.39, 0.29) is 17.7 Å². The Morgan fingerprint density at radius 1 is 1.16 bits per heavy atom. The molecule has 1 heterocycles. The highest BCUT2D eigenvalue weighted by Gasteiger charge is 2.07. The van der Waals surface area contributed by atoms with E-state index < -0.39 is 0 Å². The van der Waals surface area contributed by atoms with E-state index in [4.69, 9.17) is 5.73 Å². The molecule has 0 bridgehead atoms. The summed E-state index contributed by atoms with van der Waals surface area (Å²) in [5.74, 6) is 0.476. The summed E-state index contributed by atoms with van der Waals surface area (Å²) in [6.45, 7) is 7.81. The monoisotopic (exact) mass is 333 g/mol. The van der Waals surface area contributed by atoms with Gasteiger partial charge in [-0.05, 0) is 38.1 Å². The molecule has 3 aromatic rings. The van der Waals surface area contributed by atoms with Crippen LogP contribution in [0.5, 0.6) is 5.75 Å². The Kier molecular flexibility index (Phi) is 4.35. The number of aryl methyl sites for hydroxylation is 2. The minimum atomic E-state index is 0.0964. The van der Waals surface area contributed by atoms with Crippen molar-refractivity contribution in [1.29, 1.82) is 0 Å². The number of nitrogens with one attached hydrogen (secondary N) is 1. The Labute approximate surface area is 145 Å². The highest BCUT2D eigenvalue weighted by molar-refractivity contribution is 5.90. The molecule has 0 spiro atoms. The Balaban J connectivity index is 1.87. The van der Waals surface area contributed by atoms with Gasteiger partial charge in [0.15, 0.2) is 0 Å². The second kappa shape index (κ2) is 6.60. The zero-order chi connectivity index (χ0) is 18.0. The van der Waals surface area contributed by atoms with E-state index in [0.29, 0.717) is 11.3 Å². The number of nitrogens with zero attached hydrogens (tertiary/aromatic N) is 3. The third-order valence-corrected chi connectivity index (χ3v) is 3.76. The van der Waals surface area contributed by atoms with Gasteiger partial charge < -0.3 is 16.2 Å². The quantitative estimate of drug-likeness (QED) is 0.505. The number of benzene rings is 2. The van der Waals surface area contributed by atoms with Crippen molar-refractivity contribution in [3.63, 3.8) is 0 Å². The van der Waals surface area contributed by atoms with E-state index in [1.165, 1.54) is 0 Å². The van der Waals surface area contributed by atoms with Crippen molar-refractivity contribution in [3.05, 3.63) is 65.9 Å². The SMILES string of the molecule is C=C(NC(N)=Nc1nc(C)c2cc(C)ccc2n1)c1ccccc1O. The Hall–Kier alpha value is -3.41. The predicted octanol–water partition coefficient (Wildman–Crippen LogP) is 3.16. The molecule has 0 saturated heterocycles. The summed E-state index contributed by atoms with van der Waals surface area (Å²) in [6, 6.07) is 12.8. The minimum absolute atomic E-state index is 0.0964. The number of aromatic nitrogens is 2. The number of phenolic OH excluding ortho intramolecular Hbond substituents is 1. The summed E-state index contributed by atoms with van der Waals surface area (Å²) in [6.07, 6.45) is 0. The number of para-hydroxylation sites is 1. The lowest BCUT2D eigenvalue weighted by molar-refractivity contribution is 0.473. The zero-order valence-electron chi connectivity index (χ0n) is 14.1. The van der Waals surface area contributed by atoms with Gasteiger partial charge in [-0.3, -0.25) is 0 Å². The fourth-order valence-corrected chi connectivity index (χ4v) is 2.52. The van der Waals surface area contributed by atoms with Crippen LogP contribution in [0.1, 0.15) is 16.8 Å². The van der Waals surface area contributed by atoms with Crippen molar-refractivity contribution in [2.24, 2.45) is 10.7 Å². The molecule has 0 fully saturated rings. The van der Waals surface area contributed by atoms with E-state index in [1.807, 2.05) is 32.0 Å². The van der Waals surface area contributed by atoms with Crippen LogP contribution in [-0.2, 0) is 0 Å². The van der Waals surface area contributed by atoms with Crippen molar-refractivity contribution >= 4 is 28.5 Å². The van der Waals surface area contributed by atoms with E-state index in [0.717, 1.165) is 22.2 Å². The molecule has 6 nitrogen and oxygen atoms in total. The molecule has 25 heavy (non-hydrogen) atoms. The molecule has 2 aromatic carbocycles. The molecule has 0 aliphatic heterocycles. The first-order chi connectivity index (χ1) is 11.9. The largest absolute Gasteiger partial charge is 0.507 e. The number of hydrogen-bond donors (Lipinski definition) is 3. The number of phenols is 1. The lowest BCUT2D eigenvalue weighted by Crippen LogP contribution is -2.29. The van der Waals surface area contributed by atoms with Gasteiger partial charge in [0.1, 0.15) is 5.75 Å². The smallest absolute Gasteiger partial charge is 0.253 e. The van der Waals surface area contributed by atoms with Crippen LogP contribution in [0.2, 0.25) is 0 Å². The lowest BCUT2D eigenvalue weighted by Gasteiger charge is -2.10. The maximum absolute atomic E-state index is 9.85. The molecule has 126 valence electrons. The van der Waals surface area contributed by atoms with Crippen molar-refractivity contribution in [2.45, 2.75) is 13.8 Å². The molecular weight excluding hydrogens is 314 g/mol. The molecule has 0 atom stereocenters. The van der Waals surface area contributed by atoms with E-state index in [1.54, 1.807) is 24.3 Å². The maximum Gasteiger partial charge on any atom is 0.253 e. The number of rotatable bonds is 3. The van der Waals surface area contributed by atoms with Gasteiger partial charge in [-0.15, -0.1) is 0 Å². The van der Waals surface area contributed by atoms with E-state index in [9.17, 15) is 5.11 Å². The summed E-state index contributed by atoms with van der Waals surface area (Å²) in [5, 5.41) is 13.7. The zero-order valence-corrected chi connectivity index (χ0v) is 14.1. The molecule has 0 aliphatic rings. The van der Waals surface area contributed by atoms with Crippen LogP contribution < -0.4 is 11.1 Å². The fourth-order valence-electron chi connectivity index (χ4n) is 2.52. The van der Waals surface area contributed by atoms with Crippen LogP contribution in [0.25, 0.3) is 16.6 Å². The number of nitrogens with two attached hydrogens (primary N) is 1. The summed E-state index contributed by atoms with van der Waals surface area (Å²) < 4.78 is 0. The van der Waals surface area contributed by atoms with Gasteiger partial charge in [-0.1, -0.05) is 30.3 Å². The van der Waals surface area contributed by atoms with Crippen molar-refractivity contribution < 1.29 is 5.11 Å². The standard InChI is InChI=1S/C19H19N5O/c1-11-8-9-16-15(10-11)13(3)22-19(23-16)24-18(20)21-12(2)14-6-4-5-7-17(14)25/h4-10,25H,2H2,1,3H3,(H3,20,21,22,23,24). The first kappa shape index (κ1) is 16.4. The summed E-state index contributed by atoms with van der Waals surface area (Å²) in [7, 11) is 0. The van der Waals surface area contributed by atoms with E-state index >= 15 is 0 Å². The highest BCUT2D eigenvalue weighted by atomic mass is 16.3. The molecule has 0 unspecified atom stereocenters. The second-order valence-electron chi connectivity index (χ2n) is 5.75. The van der Waals surface area contributed by atoms with Crippen molar-refractivity contribution in [2.75, 3.05) is 0 Å². The maximum atomic E-state index is 9.85. The normalized spacial score (nSPS) is 11.5. The molecule has 0 aliphatic carbocycles. The second-order valence-corrected chi connectivity index (χ2v) is 5.75. The Morgan fingerprint density at radius 2 is 1.92 bits per heavy atom. The molecule has 1 aromatic heterocycles. The molecule has 6 heteroatoms. The molecule has 3 rings (SSSR count). The molecular formula is C19H19N5O. The number of fused-ring (bicyclic) bond motifs is 1. The topological polar surface area (TPSA) is 96.4 Å². The third kappa shape index (κ3) is 3.58. The summed E-state index contributed by atoms with van der Waals surface area (Å²) >= 11 is 0. The van der Waals surface area contributed by atoms with Crippen LogP contribution in [0.4, 0.5) is 5.95 Å². The predicted molar refractivity (Wildman–Crippen MR) is 101 cm³/mol. The van der Waals surface area contributed by atoms with Gasteiger partial charge in [-0.25, -0.2) is 9.97 Å². The summed E-state index contributed by atoms with van der Waals surface area (Å²) in [4.78, 5) is 13.0. The number of aromatic hydroxyl groups is 1. The van der Waals surface area contributed by atoms with E-state index in [2.05, 4.69) is 26.9 Å². The number of aliphatic imine (C=N–C) groups is 1. The summed E-state index contributed by atoms with van der Waals surface area (Å²) in [5.41, 5.74) is 9.71.